The van der Waals surface area contributed by atoms with Gasteiger partial charge in [0.15, 0.2) is 0 Å². The summed E-state index contributed by atoms with van der Waals surface area (Å²) in [6.07, 6.45) is 3.82. The molecule has 0 aromatic rings. The van der Waals surface area contributed by atoms with E-state index in [1.54, 1.807) is 0 Å². The Labute approximate surface area is 66.0 Å². The quantitative estimate of drug-likeness (QED) is 0.524. The first-order valence-electron chi connectivity index (χ1n) is 4.33. The van der Waals surface area contributed by atoms with Crippen LogP contribution >= 0.6 is 0 Å². The predicted octanol–water partition coefficient (Wildman–Crippen LogP) is 1.33. The van der Waals surface area contributed by atoms with Gasteiger partial charge in [-0.2, -0.15) is 0 Å². The maximum Gasteiger partial charge on any atom is 0.136 e. The van der Waals surface area contributed by atoms with Gasteiger partial charge in [0.25, 0.3) is 0 Å². The SMILES string of the molecule is O=C1CC[C@@H]2C[C@H]1CCC2=O. The largest absolute Gasteiger partial charge is 0.299 e. The average Bonchev–Trinajstić information content (AvgIpc) is 2.02. The molecule has 11 heavy (non-hydrogen) atoms. The van der Waals surface area contributed by atoms with Gasteiger partial charge in [-0.3, -0.25) is 9.59 Å². The van der Waals surface area contributed by atoms with Crippen molar-refractivity contribution < 1.29 is 9.59 Å². The van der Waals surface area contributed by atoms with E-state index in [1.807, 2.05) is 0 Å². The monoisotopic (exact) mass is 152 g/mol. The Bertz CT molecular complexity index is 186. The number of hydrogen-bond donors (Lipinski definition) is 0. The molecule has 0 aromatic carbocycles. The molecule has 0 aromatic heterocycles. The van der Waals surface area contributed by atoms with Crippen molar-refractivity contribution in [3.63, 3.8) is 0 Å². The minimum atomic E-state index is 0.242. The number of carbonyl (C=O) groups is 2. The summed E-state index contributed by atoms with van der Waals surface area (Å²) in [4.78, 5) is 22.4. The Morgan fingerprint density at radius 3 is 1.82 bits per heavy atom. The van der Waals surface area contributed by atoms with Crippen LogP contribution in [0.4, 0.5) is 0 Å². The standard InChI is InChI=1S/C9H12O2/c10-8-3-1-6-5-7(8)2-4-9(6)11/h6-7H,1-5H2/t6-,7-/m1/s1. The normalized spacial score (nSPS) is 37.5. The van der Waals surface area contributed by atoms with Gasteiger partial charge in [-0.1, -0.05) is 0 Å². The van der Waals surface area contributed by atoms with Crippen LogP contribution in [0.15, 0.2) is 0 Å². The lowest BCUT2D eigenvalue weighted by atomic mass is 9.71. The van der Waals surface area contributed by atoms with E-state index < -0.39 is 0 Å². The van der Waals surface area contributed by atoms with Crippen LogP contribution in [0.2, 0.25) is 0 Å². The van der Waals surface area contributed by atoms with Crippen LogP contribution in [0.25, 0.3) is 0 Å². The molecule has 0 saturated heterocycles. The highest BCUT2D eigenvalue weighted by atomic mass is 16.1. The second-order valence-electron chi connectivity index (χ2n) is 3.64. The molecule has 2 fully saturated rings. The highest BCUT2D eigenvalue weighted by Gasteiger charge is 2.36. The van der Waals surface area contributed by atoms with Crippen LogP contribution in [-0.2, 0) is 9.59 Å². The molecule has 2 saturated carbocycles. The lowest BCUT2D eigenvalue weighted by Crippen LogP contribution is -2.34. The van der Waals surface area contributed by atoms with E-state index >= 15 is 0 Å². The topological polar surface area (TPSA) is 34.1 Å². The zero-order valence-corrected chi connectivity index (χ0v) is 6.51. The lowest BCUT2D eigenvalue weighted by molar-refractivity contribution is -0.134. The van der Waals surface area contributed by atoms with E-state index in [0.29, 0.717) is 24.4 Å². The minimum Gasteiger partial charge on any atom is -0.299 e. The molecule has 0 spiro atoms. The molecular formula is C9H12O2. The van der Waals surface area contributed by atoms with Crippen LogP contribution < -0.4 is 0 Å². The number of rotatable bonds is 0. The van der Waals surface area contributed by atoms with Gasteiger partial charge in [-0.25, -0.2) is 0 Å². The zero-order chi connectivity index (χ0) is 7.84. The van der Waals surface area contributed by atoms with Gasteiger partial charge in [0, 0.05) is 24.7 Å². The molecule has 0 amide bonds. The Morgan fingerprint density at radius 1 is 0.909 bits per heavy atom. The smallest absolute Gasteiger partial charge is 0.136 e. The fourth-order valence-corrected chi connectivity index (χ4v) is 2.21. The highest BCUT2D eigenvalue weighted by molar-refractivity contribution is 5.89. The molecule has 0 aliphatic heterocycles. The van der Waals surface area contributed by atoms with Crippen LogP contribution in [-0.4, -0.2) is 11.6 Å². The number of fused-ring (bicyclic) bond motifs is 2. The van der Waals surface area contributed by atoms with Crippen molar-refractivity contribution in [1.29, 1.82) is 0 Å². The van der Waals surface area contributed by atoms with E-state index in [-0.39, 0.29) is 11.8 Å². The minimum absolute atomic E-state index is 0.242. The van der Waals surface area contributed by atoms with Gasteiger partial charge < -0.3 is 0 Å². The Morgan fingerprint density at radius 2 is 1.36 bits per heavy atom. The Kier molecular flexibility index (Phi) is 1.55. The third-order valence-corrected chi connectivity index (χ3v) is 2.96. The van der Waals surface area contributed by atoms with Gasteiger partial charge in [0.05, 0.1) is 0 Å². The van der Waals surface area contributed by atoms with Crippen molar-refractivity contribution in [1.82, 2.24) is 0 Å². The van der Waals surface area contributed by atoms with Gasteiger partial charge in [-0.05, 0) is 19.3 Å². The third-order valence-electron chi connectivity index (χ3n) is 2.96. The molecule has 2 rings (SSSR count). The van der Waals surface area contributed by atoms with Crippen molar-refractivity contribution in [3.8, 4) is 0 Å². The van der Waals surface area contributed by atoms with Gasteiger partial charge >= 0.3 is 0 Å². The number of carbonyl (C=O) groups excluding carboxylic acids is 2. The van der Waals surface area contributed by atoms with Crippen LogP contribution in [0, 0.1) is 11.8 Å². The van der Waals surface area contributed by atoms with Gasteiger partial charge in [0.2, 0.25) is 0 Å². The molecule has 2 aliphatic rings. The molecule has 2 heteroatoms. The molecule has 2 atom stereocenters. The molecule has 0 unspecified atom stereocenters. The summed E-state index contributed by atoms with van der Waals surface area (Å²) in [5.74, 6) is 1.28. The fraction of sp³-hybridized carbons (Fsp3) is 0.778. The first kappa shape index (κ1) is 7.01. The molecule has 2 aliphatic carbocycles. The first-order chi connectivity index (χ1) is 5.27. The molecule has 2 nitrogen and oxygen atoms in total. The maximum atomic E-state index is 11.2. The molecule has 0 N–H and O–H groups in total. The van der Waals surface area contributed by atoms with E-state index in [1.165, 1.54) is 0 Å². The molecule has 2 bridgehead atoms. The summed E-state index contributed by atoms with van der Waals surface area (Å²) in [5, 5.41) is 0. The zero-order valence-electron chi connectivity index (χ0n) is 6.51. The van der Waals surface area contributed by atoms with Crippen molar-refractivity contribution in [2.75, 3.05) is 0 Å². The fourth-order valence-electron chi connectivity index (χ4n) is 2.21. The molecule has 60 valence electrons. The summed E-state index contributed by atoms with van der Waals surface area (Å²) in [6, 6.07) is 0. The van der Waals surface area contributed by atoms with Crippen molar-refractivity contribution >= 4 is 11.6 Å². The molecule has 0 radical (unpaired) electrons. The van der Waals surface area contributed by atoms with Gasteiger partial charge in [0.1, 0.15) is 11.6 Å². The maximum absolute atomic E-state index is 11.2. The van der Waals surface area contributed by atoms with E-state index in [4.69, 9.17) is 0 Å². The summed E-state index contributed by atoms with van der Waals surface area (Å²) < 4.78 is 0. The van der Waals surface area contributed by atoms with E-state index in [9.17, 15) is 9.59 Å². The number of ketones is 2. The summed E-state index contributed by atoms with van der Waals surface area (Å²) in [6.45, 7) is 0. The van der Waals surface area contributed by atoms with Crippen LogP contribution in [0.1, 0.15) is 32.1 Å². The van der Waals surface area contributed by atoms with Crippen molar-refractivity contribution in [2.45, 2.75) is 32.1 Å². The van der Waals surface area contributed by atoms with Crippen LogP contribution in [0.5, 0.6) is 0 Å². The average molecular weight is 152 g/mol. The third kappa shape index (κ3) is 1.10. The number of Topliss-reactive ketones (excluding diaryl/α,β-unsaturated/α-hetero) is 2. The van der Waals surface area contributed by atoms with Crippen molar-refractivity contribution in [2.24, 2.45) is 11.8 Å². The highest BCUT2D eigenvalue weighted by Crippen LogP contribution is 2.35. The Hall–Kier alpha value is -0.660. The first-order valence-corrected chi connectivity index (χ1v) is 4.33. The second kappa shape index (κ2) is 2.43. The van der Waals surface area contributed by atoms with Crippen molar-refractivity contribution in [3.05, 3.63) is 0 Å². The van der Waals surface area contributed by atoms with E-state index in [0.717, 1.165) is 19.3 Å². The molecular weight excluding hydrogens is 140 g/mol. The second-order valence-corrected chi connectivity index (χ2v) is 3.64. The lowest BCUT2D eigenvalue weighted by Gasteiger charge is -2.31. The Balaban J connectivity index is 2.14. The van der Waals surface area contributed by atoms with E-state index in [2.05, 4.69) is 0 Å². The predicted molar refractivity (Wildman–Crippen MR) is 40.1 cm³/mol. The summed E-state index contributed by atoms with van der Waals surface area (Å²) in [5.41, 5.74) is 0. The van der Waals surface area contributed by atoms with Crippen LogP contribution in [0.3, 0.4) is 0 Å². The summed E-state index contributed by atoms with van der Waals surface area (Å²) in [7, 11) is 0. The van der Waals surface area contributed by atoms with Gasteiger partial charge in [-0.15, -0.1) is 0 Å². The number of hydrogen-bond acceptors (Lipinski definition) is 2. The summed E-state index contributed by atoms with van der Waals surface area (Å²) >= 11 is 0. The molecule has 0 heterocycles.